The Morgan fingerprint density at radius 3 is 2.52 bits per heavy atom. The van der Waals surface area contributed by atoms with Gasteiger partial charge in [-0.1, -0.05) is 43.4 Å². The Hall–Kier alpha value is -2.54. The Kier molecular flexibility index (Phi) is 5.25. The zero-order valence-corrected chi connectivity index (χ0v) is 17.6. The highest BCUT2D eigenvalue weighted by Crippen LogP contribution is 2.38. The molecular weight excluding hydrogens is 386 g/mol. The quantitative estimate of drug-likeness (QED) is 0.833. The first-order valence-electron chi connectivity index (χ1n) is 10.0. The molecular formula is C22H25N3O3S. The number of piperidine rings is 1. The number of likely N-dealkylation sites (tertiary alicyclic amines) is 1. The predicted octanol–water partition coefficient (Wildman–Crippen LogP) is 3.79. The topological polar surface area (TPSA) is 79.4 Å². The summed E-state index contributed by atoms with van der Waals surface area (Å²) in [6.45, 7) is 5.26. The molecule has 2 amide bonds. The molecule has 1 N–H and O–H groups in total. The summed E-state index contributed by atoms with van der Waals surface area (Å²) in [6, 6.07) is 9.22. The van der Waals surface area contributed by atoms with Crippen LogP contribution in [0, 0.1) is 11.3 Å². The van der Waals surface area contributed by atoms with E-state index in [2.05, 4.69) is 24.1 Å². The second-order valence-electron chi connectivity index (χ2n) is 8.66. The van der Waals surface area contributed by atoms with E-state index >= 15 is 0 Å². The standard InChI is InChI=1S/C22H25N3O3S/c1-22(2)12-16-18(17(26)13-22)29-21(23-16)24-19(27)14-8-10-25(11-9-14)20(28)15-6-4-3-5-7-15/h3-7,14H,8-13H2,1-2H3,(H,23,24,27). The van der Waals surface area contributed by atoms with E-state index in [9.17, 15) is 14.4 Å². The Morgan fingerprint density at radius 1 is 1.14 bits per heavy atom. The van der Waals surface area contributed by atoms with Gasteiger partial charge in [0.2, 0.25) is 5.91 Å². The fourth-order valence-electron chi connectivity index (χ4n) is 4.09. The number of rotatable bonds is 3. The molecule has 2 aromatic rings. The summed E-state index contributed by atoms with van der Waals surface area (Å²) < 4.78 is 0. The summed E-state index contributed by atoms with van der Waals surface area (Å²) in [5.41, 5.74) is 1.39. The average Bonchev–Trinajstić information content (AvgIpc) is 3.09. The second-order valence-corrected chi connectivity index (χ2v) is 9.66. The number of Topliss-reactive ketones (excluding diaryl/α,β-unsaturated/α-hetero) is 1. The first kappa shape index (κ1) is 19.8. The molecule has 0 spiro atoms. The van der Waals surface area contributed by atoms with Crippen molar-refractivity contribution in [2.24, 2.45) is 11.3 Å². The van der Waals surface area contributed by atoms with E-state index in [1.807, 2.05) is 35.2 Å². The molecule has 1 saturated heterocycles. The number of hydrogen-bond acceptors (Lipinski definition) is 5. The van der Waals surface area contributed by atoms with Crippen molar-refractivity contribution >= 4 is 34.1 Å². The Labute approximate surface area is 174 Å². The van der Waals surface area contributed by atoms with Crippen LogP contribution in [-0.2, 0) is 11.2 Å². The SMILES string of the molecule is CC1(C)CC(=O)c2sc(NC(=O)C3CCN(C(=O)c4ccccc4)CC3)nc2C1. The lowest BCUT2D eigenvalue weighted by Crippen LogP contribution is -2.41. The van der Waals surface area contributed by atoms with E-state index in [4.69, 9.17) is 0 Å². The highest BCUT2D eigenvalue weighted by Gasteiger charge is 2.34. The van der Waals surface area contributed by atoms with Crippen LogP contribution in [-0.4, -0.2) is 40.6 Å². The minimum absolute atomic E-state index is 0.0122. The summed E-state index contributed by atoms with van der Waals surface area (Å²) in [5, 5.41) is 3.41. The van der Waals surface area contributed by atoms with E-state index in [0.29, 0.717) is 47.9 Å². The lowest BCUT2D eigenvalue weighted by molar-refractivity contribution is -0.121. The van der Waals surface area contributed by atoms with Crippen LogP contribution in [0.1, 0.15) is 58.8 Å². The van der Waals surface area contributed by atoms with Crippen molar-refractivity contribution in [3.8, 4) is 0 Å². The van der Waals surface area contributed by atoms with E-state index in [1.54, 1.807) is 0 Å². The van der Waals surface area contributed by atoms with Gasteiger partial charge in [-0.15, -0.1) is 0 Å². The average molecular weight is 412 g/mol. The van der Waals surface area contributed by atoms with Gasteiger partial charge in [-0.25, -0.2) is 4.98 Å². The van der Waals surface area contributed by atoms with Gasteiger partial charge in [0.1, 0.15) is 0 Å². The molecule has 1 aromatic carbocycles. The number of aromatic nitrogens is 1. The minimum atomic E-state index is -0.150. The molecule has 0 atom stereocenters. The highest BCUT2D eigenvalue weighted by atomic mass is 32.1. The third-order valence-electron chi connectivity index (χ3n) is 5.64. The number of carbonyl (C=O) groups is 3. The van der Waals surface area contributed by atoms with Crippen LogP contribution < -0.4 is 5.32 Å². The number of anilines is 1. The molecule has 1 aromatic heterocycles. The zero-order chi connectivity index (χ0) is 20.6. The molecule has 0 radical (unpaired) electrons. The number of hydrogen-bond donors (Lipinski definition) is 1. The van der Waals surface area contributed by atoms with Crippen molar-refractivity contribution < 1.29 is 14.4 Å². The van der Waals surface area contributed by atoms with Crippen LogP contribution in [0.3, 0.4) is 0 Å². The van der Waals surface area contributed by atoms with E-state index in [1.165, 1.54) is 11.3 Å². The number of ketones is 1. The van der Waals surface area contributed by atoms with Gasteiger partial charge in [0.25, 0.3) is 5.91 Å². The van der Waals surface area contributed by atoms with Crippen molar-refractivity contribution in [3.63, 3.8) is 0 Å². The van der Waals surface area contributed by atoms with Gasteiger partial charge in [-0.2, -0.15) is 0 Å². The smallest absolute Gasteiger partial charge is 0.253 e. The van der Waals surface area contributed by atoms with Gasteiger partial charge in [-0.05, 0) is 36.8 Å². The van der Waals surface area contributed by atoms with E-state index in [-0.39, 0.29) is 28.9 Å². The monoisotopic (exact) mass is 411 g/mol. The fourth-order valence-corrected chi connectivity index (χ4v) is 5.01. The van der Waals surface area contributed by atoms with Crippen LogP contribution in [0.25, 0.3) is 0 Å². The number of fused-ring (bicyclic) bond motifs is 1. The van der Waals surface area contributed by atoms with Gasteiger partial charge in [0.15, 0.2) is 10.9 Å². The number of nitrogens with zero attached hydrogens (tertiary/aromatic N) is 2. The maximum absolute atomic E-state index is 12.7. The van der Waals surface area contributed by atoms with Crippen LogP contribution in [0.2, 0.25) is 0 Å². The molecule has 0 bridgehead atoms. The summed E-state index contributed by atoms with van der Waals surface area (Å²) in [5.74, 6) is -0.0994. The number of nitrogens with one attached hydrogen (secondary N) is 1. The Morgan fingerprint density at radius 2 is 1.83 bits per heavy atom. The molecule has 1 fully saturated rings. The normalized spacial score (nSPS) is 19.0. The molecule has 2 heterocycles. The van der Waals surface area contributed by atoms with Gasteiger partial charge in [0.05, 0.1) is 10.6 Å². The van der Waals surface area contributed by atoms with E-state index in [0.717, 1.165) is 12.1 Å². The third kappa shape index (κ3) is 4.24. The Bertz CT molecular complexity index is 943. The summed E-state index contributed by atoms with van der Waals surface area (Å²) in [7, 11) is 0. The lowest BCUT2D eigenvalue weighted by atomic mass is 9.78. The van der Waals surface area contributed by atoms with Crippen molar-refractivity contribution in [3.05, 3.63) is 46.5 Å². The molecule has 4 rings (SSSR count). The molecule has 6 nitrogen and oxygen atoms in total. The van der Waals surface area contributed by atoms with Gasteiger partial charge < -0.3 is 10.2 Å². The summed E-state index contributed by atoms with van der Waals surface area (Å²) in [6.07, 6.45) is 2.52. The van der Waals surface area contributed by atoms with Crippen molar-refractivity contribution in [2.45, 2.75) is 39.5 Å². The van der Waals surface area contributed by atoms with Crippen molar-refractivity contribution in [2.75, 3.05) is 18.4 Å². The third-order valence-corrected chi connectivity index (χ3v) is 6.69. The molecule has 152 valence electrons. The van der Waals surface area contributed by atoms with Gasteiger partial charge in [0, 0.05) is 31.0 Å². The van der Waals surface area contributed by atoms with Crippen LogP contribution in [0.15, 0.2) is 30.3 Å². The molecule has 0 saturated carbocycles. The maximum Gasteiger partial charge on any atom is 0.253 e. The number of amides is 2. The summed E-state index contributed by atoms with van der Waals surface area (Å²) >= 11 is 1.28. The van der Waals surface area contributed by atoms with Crippen LogP contribution in [0.5, 0.6) is 0 Å². The summed E-state index contributed by atoms with van der Waals surface area (Å²) in [4.78, 5) is 44.6. The van der Waals surface area contributed by atoms with Crippen LogP contribution in [0.4, 0.5) is 5.13 Å². The van der Waals surface area contributed by atoms with Crippen molar-refractivity contribution in [1.82, 2.24) is 9.88 Å². The van der Waals surface area contributed by atoms with Gasteiger partial charge >= 0.3 is 0 Å². The lowest BCUT2D eigenvalue weighted by Gasteiger charge is -2.31. The maximum atomic E-state index is 12.7. The first-order chi connectivity index (χ1) is 13.8. The number of benzene rings is 1. The van der Waals surface area contributed by atoms with Crippen LogP contribution >= 0.6 is 11.3 Å². The number of carbonyl (C=O) groups excluding carboxylic acids is 3. The molecule has 29 heavy (non-hydrogen) atoms. The fraction of sp³-hybridized carbons (Fsp3) is 0.455. The van der Waals surface area contributed by atoms with E-state index < -0.39 is 0 Å². The second kappa shape index (κ2) is 7.71. The highest BCUT2D eigenvalue weighted by molar-refractivity contribution is 7.17. The van der Waals surface area contributed by atoms with Crippen molar-refractivity contribution in [1.29, 1.82) is 0 Å². The molecule has 1 aliphatic carbocycles. The zero-order valence-electron chi connectivity index (χ0n) is 16.7. The molecule has 2 aliphatic rings. The predicted molar refractivity (Wildman–Crippen MR) is 112 cm³/mol. The Balaban J connectivity index is 1.35. The molecule has 7 heteroatoms. The molecule has 1 aliphatic heterocycles. The number of thiazole rings is 1. The van der Waals surface area contributed by atoms with Gasteiger partial charge in [-0.3, -0.25) is 14.4 Å². The largest absolute Gasteiger partial charge is 0.339 e. The first-order valence-corrected chi connectivity index (χ1v) is 10.8. The molecule has 0 unspecified atom stereocenters. The minimum Gasteiger partial charge on any atom is -0.339 e.